The van der Waals surface area contributed by atoms with E-state index in [1.165, 1.54) is 16.9 Å². The molecule has 0 aliphatic heterocycles. The normalized spacial score (nSPS) is 11.8. The topological polar surface area (TPSA) is 65.7 Å². The first-order valence-corrected chi connectivity index (χ1v) is 11.3. The number of aryl methyl sites for hydroxylation is 1. The second-order valence-corrected chi connectivity index (χ2v) is 8.62. The van der Waals surface area contributed by atoms with Crippen LogP contribution in [0.15, 0.2) is 77.6 Å². The summed E-state index contributed by atoms with van der Waals surface area (Å²) in [6.45, 7) is 2.50. The number of hydrogen-bond acceptors (Lipinski definition) is 6. The molecule has 3 aromatic carbocycles. The molecule has 0 unspecified atom stereocenters. The van der Waals surface area contributed by atoms with Crippen LogP contribution in [0.1, 0.15) is 16.7 Å². The fourth-order valence-corrected chi connectivity index (χ4v) is 4.44. The molecule has 0 atom stereocenters. The summed E-state index contributed by atoms with van der Waals surface area (Å²) in [5.74, 6) is 1.80. The highest BCUT2D eigenvalue weighted by molar-refractivity contribution is 7.15. The predicted molar refractivity (Wildman–Crippen MR) is 130 cm³/mol. The molecule has 0 aliphatic rings. The molecule has 6 nitrogen and oxygen atoms in total. The van der Waals surface area contributed by atoms with Gasteiger partial charge in [-0.3, -0.25) is 4.79 Å². The fourth-order valence-electron chi connectivity index (χ4n) is 3.53. The molecule has 0 saturated heterocycles. The summed E-state index contributed by atoms with van der Waals surface area (Å²) < 4.78 is 13.6. The van der Waals surface area contributed by atoms with E-state index in [0.29, 0.717) is 33.4 Å². The van der Waals surface area contributed by atoms with Crippen molar-refractivity contribution in [3.05, 3.63) is 104 Å². The summed E-state index contributed by atoms with van der Waals surface area (Å²) in [4.78, 5) is 13.7. The van der Waals surface area contributed by atoms with Gasteiger partial charge in [0.1, 0.15) is 6.61 Å². The van der Waals surface area contributed by atoms with Gasteiger partial charge in [0.15, 0.2) is 17.3 Å². The van der Waals surface area contributed by atoms with Gasteiger partial charge in [0.25, 0.3) is 5.56 Å². The van der Waals surface area contributed by atoms with E-state index in [-0.39, 0.29) is 5.56 Å². The maximum Gasteiger partial charge on any atom is 0.276 e. The van der Waals surface area contributed by atoms with Crippen LogP contribution in [0.2, 0.25) is 0 Å². The third-order valence-electron chi connectivity index (χ3n) is 5.28. The van der Waals surface area contributed by atoms with Crippen molar-refractivity contribution in [2.75, 3.05) is 7.11 Å². The number of fused-ring (bicyclic) bond motifs is 1. The zero-order valence-electron chi connectivity index (χ0n) is 18.2. The molecular weight excluding hydrogens is 434 g/mol. The van der Waals surface area contributed by atoms with Crippen LogP contribution in [-0.2, 0) is 6.61 Å². The number of aromatic nitrogens is 3. The Labute approximate surface area is 194 Å². The summed E-state index contributed by atoms with van der Waals surface area (Å²) in [5.41, 5.74) is 3.84. The summed E-state index contributed by atoms with van der Waals surface area (Å²) in [7, 11) is 1.61. The van der Waals surface area contributed by atoms with Crippen LogP contribution in [-0.4, -0.2) is 21.7 Å². The van der Waals surface area contributed by atoms with Gasteiger partial charge in [-0.2, -0.15) is 0 Å². The maximum absolute atomic E-state index is 13.1. The molecule has 0 N–H and O–H groups in total. The first-order chi connectivity index (χ1) is 16.1. The minimum Gasteiger partial charge on any atom is -0.493 e. The highest BCUT2D eigenvalue weighted by atomic mass is 32.1. The van der Waals surface area contributed by atoms with Crippen molar-refractivity contribution in [3.63, 3.8) is 0 Å². The Morgan fingerprint density at radius 3 is 2.52 bits per heavy atom. The van der Waals surface area contributed by atoms with Crippen molar-refractivity contribution in [1.82, 2.24) is 14.6 Å². The van der Waals surface area contributed by atoms with Gasteiger partial charge < -0.3 is 9.47 Å². The molecule has 5 aromatic rings. The van der Waals surface area contributed by atoms with Crippen molar-refractivity contribution in [2.45, 2.75) is 13.5 Å². The Bertz CT molecular complexity index is 1520. The molecule has 0 spiro atoms. The zero-order chi connectivity index (χ0) is 22.8. The van der Waals surface area contributed by atoms with Gasteiger partial charge in [-0.25, -0.2) is 4.40 Å². The van der Waals surface area contributed by atoms with Crippen LogP contribution < -0.4 is 19.6 Å². The van der Waals surface area contributed by atoms with Crippen molar-refractivity contribution in [1.29, 1.82) is 0 Å². The van der Waals surface area contributed by atoms with Gasteiger partial charge in [-0.05, 0) is 36.3 Å². The second kappa shape index (κ2) is 8.88. The standard InChI is InChI=1S/C26H21N3O3S/c1-17-8-10-18(11-9-17)16-32-21-13-12-19(14-22(21)31-2)15-23-25(30)29-24(27-28-26(29)33-23)20-6-4-3-5-7-20/h3-15H,16H2,1-2H3/b23-15-. The van der Waals surface area contributed by atoms with Gasteiger partial charge in [0, 0.05) is 5.56 Å². The molecule has 2 heterocycles. The van der Waals surface area contributed by atoms with Gasteiger partial charge in [-0.1, -0.05) is 77.6 Å². The van der Waals surface area contributed by atoms with E-state index in [0.717, 1.165) is 16.7 Å². The lowest BCUT2D eigenvalue weighted by molar-refractivity contribution is 0.284. The molecule has 7 heteroatoms. The molecule has 0 fully saturated rings. The van der Waals surface area contributed by atoms with E-state index in [1.807, 2.05) is 66.7 Å². The third-order valence-corrected chi connectivity index (χ3v) is 6.24. The lowest BCUT2D eigenvalue weighted by Crippen LogP contribution is -2.23. The zero-order valence-corrected chi connectivity index (χ0v) is 19.0. The van der Waals surface area contributed by atoms with Crippen LogP contribution in [0, 0.1) is 6.92 Å². The lowest BCUT2D eigenvalue weighted by Gasteiger charge is -2.11. The molecule has 0 amide bonds. The first kappa shape index (κ1) is 20.9. The summed E-state index contributed by atoms with van der Waals surface area (Å²) in [6, 6.07) is 23.4. The molecule has 0 aliphatic carbocycles. The van der Waals surface area contributed by atoms with Gasteiger partial charge in [0.05, 0.1) is 11.6 Å². The van der Waals surface area contributed by atoms with Crippen molar-refractivity contribution < 1.29 is 9.47 Å². The molecule has 33 heavy (non-hydrogen) atoms. The molecular formula is C26H21N3O3S. The minimum atomic E-state index is -0.141. The summed E-state index contributed by atoms with van der Waals surface area (Å²) in [6.07, 6.45) is 1.84. The van der Waals surface area contributed by atoms with Crippen molar-refractivity contribution in [3.8, 4) is 22.9 Å². The average Bonchev–Trinajstić information content (AvgIpc) is 3.40. The number of ether oxygens (including phenoxy) is 2. The maximum atomic E-state index is 13.1. The predicted octanol–water partition coefficient (Wildman–Crippen LogP) is 4.26. The van der Waals surface area contributed by atoms with Gasteiger partial charge in [-0.15, -0.1) is 10.2 Å². The number of methoxy groups -OCH3 is 1. The Kier molecular flexibility index (Phi) is 5.62. The molecule has 5 rings (SSSR count). The van der Waals surface area contributed by atoms with E-state index in [4.69, 9.17) is 9.47 Å². The van der Waals surface area contributed by atoms with Crippen LogP contribution in [0.4, 0.5) is 0 Å². The molecule has 0 bridgehead atoms. The monoisotopic (exact) mass is 455 g/mol. The van der Waals surface area contributed by atoms with Crippen LogP contribution >= 0.6 is 11.3 Å². The number of thiazole rings is 1. The number of rotatable bonds is 6. The summed E-state index contributed by atoms with van der Waals surface area (Å²) in [5, 5.41) is 8.39. The Morgan fingerprint density at radius 2 is 1.76 bits per heavy atom. The first-order valence-electron chi connectivity index (χ1n) is 10.4. The lowest BCUT2D eigenvalue weighted by atomic mass is 10.1. The van der Waals surface area contributed by atoms with E-state index in [1.54, 1.807) is 11.5 Å². The molecule has 164 valence electrons. The highest BCUT2D eigenvalue weighted by Gasteiger charge is 2.14. The van der Waals surface area contributed by atoms with Crippen molar-refractivity contribution >= 4 is 22.4 Å². The Balaban J connectivity index is 1.45. The van der Waals surface area contributed by atoms with E-state index >= 15 is 0 Å². The highest BCUT2D eigenvalue weighted by Crippen LogP contribution is 2.29. The Morgan fingerprint density at radius 1 is 0.970 bits per heavy atom. The smallest absolute Gasteiger partial charge is 0.276 e. The Hall–Kier alpha value is -3.97. The minimum absolute atomic E-state index is 0.141. The number of benzene rings is 3. The molecule has 0 saturated carbocycles. The van der Waals surface area contributed by atoms with Crippen LogP contribution in [0.5, 0.6) is 11.5 Å². The van der Waals surface area contributed by atoms with Gasteiger partial charge >= 0.3 is 0 Å². The van der Waals surface area contributed by atoms with Crippen molar-refractivity contribution in [2.24, 2.45) is 0 Å². The molecule has 2 aromatic heterocycles. The van der Waals surface area contributed by atoms with E-state index in [2.05, 4.69) is 29.3 Å². The van der Waals surface area contributed by atoms with Crippen LogP contribution in [0.25, 0.3) is 22.4 Å². The quantitative estimate of drug-likeness (QED) is 0.383. The van der Waals surface area contributed by atoms with Gasteiger partial charge in [0.2, 0.25) is 4.96 Å². The number of nitrogens with zero attached hydrogens (tertiary/aromatic N) is 3. The SMILES string of the molecule is COc1cc(/C=c2\sc3nnc(-c4ccccc4)n3c2=O)ccc1OCc1ccc(C)cc1. The second-order valence-electron chi connectivity index (χ2n) is 7.61. The van der Waals surface area contributed by atoms with Crippen LogP contribution in [0.3, 0.4) is 0 Å². The fraction of sp³-hybridized carbons (Fsp3) is 0.115. The summed E-state index contributed by atoms with van der Waals surface area (Å²) >= 11 is 1.31. The largest absolute Gasteiger partial charge is 0.493 e. The average molecular weight is 456 g/mol. The van der Waals surface area contributed by atoms with E-state index < -0.39 is 0 Å². The molecule has 0 radical (unpaired) electrons. The number of hydrogen-bond donors (Lipinski definition) is 0. The van der Waals surface area contributed by atoms with E-state index in [9.17, 15) is 4.79 Å². The third kappa shape index (κ3) is 4.23.